The fraction of sp³-hybridized carbons (Fsp3) is 0. The first kappa shape index (κ1) is 20.8. The molecule has 46 heavy (non-hydrogen) atoms. The van der Waals surface area contributed by atoms with Crippen LogP contribution in [0.15, 0.2) is 170 Å². The number of rotatable bonds is 3. The van der Waals surface area contributed by atoms with Gasteiger partial charge in [-0.2, -0.15) is 0 Å². The number of nitrogens with zero attached hydrogens (tertiary/aromatic N) is 2. The zero-order valence-corrected chi connectivity index (χ0v) is 24.7. The Morgan fingerprint density at radius 2 is 1.07 bits per heavy atom. The van der Waals surface area contributed by atoms with Gasteiger partial charge in [0.15, 0.2) is 0 Å². The molecule has 0 aliphatic heterocycles. The first-order valence-electron chi connectivity index (χ1n) is 18.0. The maximum Gasteiger partial charge on any atom is 0.0645 e. The van der Waals surface area contributed by atoms with Crippen molar-refractivity contribution >= 4 is 65.2 Å². The van der Waals surface area contributed by atoms with Crippen LogP contribution in [-0.4, -0.2) is 9.13 Å². The van der Waals surface area contributed by atoms with Crippen molar-refractivity contribution < 1.29 is 6.85 Å². The van der Waals surface area contributed by atoms with E-state index in [0.29, 0.717) is 0 Å². The third-order valence-electron chi connectivity index (χ3n) is 9.35. The number of hydrogen-bond donors (Lipinski definition) is 0. The van der Waals surface area contributed by atoms with Crippen LogP contribution < -0.4 is 0 Å². The first-order valence-corrected chi connectivity index (χ1v) is 15.5. The van der Waals surface area contributed by atoms with Gasteiger partial charge >= 0.3 is 0 Å². The molecular weight excluding hydrogens is 556 g/mol. The second kappa shape index (κ2) is 9.69. The van der Waals surface area contributed by atoms with Crippen molar-refractivity contribution in [3.8, 4) is 22.5 Å². The SMILES string of the molecule is [2H]c1c([2H])c([2H])c(-n2c3cc4c(cc3c3c5ccccc5ccc32)c2ccccc2n4-c2cc(-c3ccccc3)c3ccccc3c2)c([2H])c1[2H]. The largest absolute Gasteiger partial charge is 0.309 e. The number of hydrogen-bond acceptors (Lipinski definition) is 0. The summed E-state index contributed by atoms with van der Waals surface area (Å²) < 4.78 is 47.7. The second-order valence-corrected chi connectivity index (χ2v) is 11.8. The van der Waals surface area contributed by atoms with Gasteiger partial charge in [-0.3, -0.25) is 0 Å². The fourth-order valence-electron chi connectivity index (χ4n) is 7.40. The Morgan fingerprint density at radius 1 is 0.391 bits per heavy atom. The molecule has 0 aliphatic rings. The summed E-state index contributed by atoms with van der Waals surface area (Å²) in [6.45, 7) is 0. The van der Waals surface area contributed by atoms with Crippen LogP contribution in [-0.2, 0) is 0 Å². The smallest absolute Gasteiger partial charge is 0.0645 e. The molecule has 0 amide bonds. The summed E-state index contributed by atoms with van der Waals surface area (Å²) in [5, 5.41) is 8.50. The lowest BCUT2D eigenvalue weighted by molar-refractivity contribution is 1.17. The number of benzene rings is 8. The lowest BCUT2D eigenvalue weighted by Gasteiger charge is -2.14. The summed E-state index contributed by atoms with van der Waals surface area (Å²) in [7, 11) is 0. The van der Waals surface area contributed by atoms with Gasteiger partial charge in [0.25, 0.3) is 0 Å². The zero-order chi connectivity index (χ0) is 34.5. The van der Waals surface area contributed by atoms with Crippen molar-refractivity contribution in [3.05, 3.63) is 170 Å². The van der Waals surface area contributed by atoms with E-state index >= 15 is 0 Å². The predicted octanol–water partition coefficient (Wildman–Crippen LogP) is 11.9. The lowest BCUT2D eigenvalue weighted by atomic mass is 9.97. The summed E-state index contributed by atoms with van der Waals surface area (Å²) in [6, 6.07) is 46.8. The molecule has 0 spiro atoms. The lowest BCUT2D eigenvalue weighted by Crippen LogP contribution is -1.97. The Kier molecular flexibility index (Phi) is 4.37. The van der Waals surface area contributed by atoms with Crippen LogP contribution in [0, 0.1) is 0 Å². The van der Waals surface area contributed by atoms with Gasteiger partial charge in [-0.25, -0.2) is 0 Å². The van der Waals surface area contributed by atoms with Gasteiger partial charge in [0.2, 0.25) is 0 Å². The second-order valence-electron chi connectivity index (χ2n) is 11.8. The Bertz CT molecular complexity index is 3060. The van der Waals surface area contributed by atoms with Crippen LogP contribution in [0.25, 0.3) is 87.7 Å². The van der Waals surface area contributed by atoms with Crippen molar-refractivity contribution in [2.75, 3.05) is 0 Å². The Balaban J connectivity index is 1.40. The Hall–Kier alpha value is -6.12. The van der Waals surface area contributed by atoms with Crippen LogP contribution in [0.1, 0.15) is 6.85 Å². The minimum absolute atomic E-state index is 0.135. The molecule has 10 aromatic rings. The molecule has 0 radical (unpaired) electrons. The van der Waals surface area contributed by atoms with Crippen LogP contribution in [0.5, 0.6) is 0 Å². The van der Waals surface area contributed by atoms with Crippen LogP contribution >= 0.6 is 0 Å². The molecule has 2 aromatic heterocycles. The summed E-state index contributed by atoms with van der Waals surface area (Å²) in [4.78, 5) is 0. The highest BCUT2D eigenvalue weighted by Crippen LogP contribution is 2.42. The maximum atomic E-state index is 9.04. The van der Waals surface area contributed by atoms with Crippen molar-refractivity contribution in [1.29, 1.82) is 0 Å². The van der Waals surface area contributed by atoms with Crippen LogP contribution in [0.4, 0.5) is 0 Å². The first-order chi connectivity index (χ1) is 24.9. The fourth-order valence-corrected chi connectivity index (χ4v) is 7.40. The summed E-state index contributed by atoms with van der Waals surface area (Å²) >= 11 is 0. The predicted molar refractivity (Wildman–Crippen MR) is 196 cm³/mol. The van der Waals surface area contributed by atoms with E-state index in [4.69, 9.17) is 6.85 Å². The number of aromatic nitrogens is 2. The highest BCUT2D eigenvalue weighted by Gasteiger charge is 2.20. The van der Waals surface area contributed by atoms with Crippen molar-refractivity contribution in [1.82, 2.24) is 9.13 Å². The molecule has 8 aromatic carbocycles. The molecule has 0 N–H and O–H groups in total. The Labute approximate surface area is 273 Å². The van der Waals surface area contributed by atoms with Gasteiger partial charge in [-0.05, 0) is 81.2 Å². The van der Waals surface area contributed by atoms with E-state index in [1.165, 1.54) is 5.39 Å². The van der Waals surface area contributed by atoms with E-state index in [1.54, 1.807) is 0 Å². The standard InChI is InChI=1S/C44H28N2/c1-3-13-29(14-4-1)37-26-33(25-31-16-8-9-19-34(31)37)46-40-22-12-11-21-36(40)38-27-39-43(28-42(38)46)45(32-17-5-2-6-18-32)41-24-23-30-15-7-10-20-35(30)44(39)41/h1-28H/i2D,5D,6D,17D,18D. The van der Waals surface area contributed by atoms with Gasteiger partial charge in [0.05, 0.1) is 28.9 Å². The van der Waals surface area contributed by atoms with E-state index in [-0.39, 0.29) is 29.9 Å². The highest BCUT2D eigenvalue weighted by molar-refractivity contribution is 6.25. The molecular formula is C44H28N2. The van der Waals surface area contributed by atoms with Crippen LogP contribution in [0.2, 0.25) is 0 Å². The molecule has 0 saturated heterocycles. The van der Waals surface area contributed by atoms with Gasteiger partial charge in [0, 0.05) is 32.9 Å². The van der Waals surface area contributed by atoms with E-state index in [9.17, 15) is 0 Å². The van der Waals surface area contributed by atoms with Gasteiger partial charge < -0.3 is 9.13 Å². The molecule has 2 nitrogen and oxygen atoms in total. The molecule has 0 unspecified atom stereocenters. The third kappa shape index (κ3) is 3.59. The molecule has 0 saturated carbocycles. The van der Waals surface area contributed by atoms with Gasteiger partial charge in [0.1, 0.15) is 0 Å². The van der Waals surface area contributed by atoms with Crippen molar-refractivity contribution in [2.45, 2.75) is 0 Å². The average Bonchev–Trinajstić information content (AvgIpc) is 3.67. The summed E-state index contributed by atoms with van der Waals surface area (Å²) in [6.07, 6.45) is 0. The normalized spacial score (nSPS) is 13.4. The topological polar surface area (TPSA) is 9.86 Å². The van der Waals surface area contributed by atoms with Crippen LogP contribution in [0.3, 0.4) is 0 Å². The van der Waals surface area contributed by atoms with E-state index in [2.05, 4.69) is 114 Å². The summed E-state index contributed by atoms with van der Waals surface area (Å²) in [5.74, 6) is 0. The number of fused-ring (bicyclic) bond motifs is 9. The van der Waals surface area contributed by atoms with E-state index in [1.807, 2.05) is 34.9 Å². The molecule has 10 rings (SSSR count). The van der Waals surface area contributed by atoms with Gasteiger partial charge in [-0.15, -0.1) is 0 Å². The van der Waals surface area contributed by atoms with E-state index < -0.39 is 6.04 Å². The minimum atomic E-state index is -0.409. The molecule has 2 heterocycles. The maximum absolute atomic E-state index is 9.04. The van der Waals surface area contributed by atoms with Crippen molar-refractivity contribution in [3.63, 3.8) is 0 Å². The monoisotopic (exact) mass is 589 g/mol. The highest BCUT2D eigenvalue weighted by atomic mass is 15.0. The molecule has 2 heteroatoms. The molecule has 0 fully saturated rings. The zero-order valence-electron chi connectivity index (χ0n) is 29.7. The molecule has 0 aliphatic carbocycles. The molecule has 0 bridgehead atoms. The summed E-state index contributed by atoms with van der Waals surface area (Å²) in [5.41, 5.74) is 6.96. The van der Waals surface area contributed by atoms with E-state index in [0.717, 1.165) is 76.6 Å². The third-order valence-corrected chi connectivity index (χ3v) is 9.35. The average molecular weight is 590 g/mol. The van der Waals surface area contributed by atoms with Crippen molar-refractivity contribution in [2.24, 2.45) is 0 Å². The van der Waals surface area contributed by atoms with Gasteiger partial charge in [-0.1, -0.05) is 121 Å². The molecule has 214 valence electrons. The Morgan fingerprint density at radius 3 is 1.91 bits per heavy atom. The minimum Gasteiger partial charge on any atom is -0.309 e. The quantitative estimate of drug-likeness (QED) is 0.194. The molecule has 0 atom stereocenters. The number of para-hydroxylation sites is 2.